The Bertz CT molecular complexity index is 699. The predicted octanol–water partition coefficient (Wildman–Crippen LogP) is 14.6. The highest BCUT2D eigenvalue weighted by atomic mass is 16.5. The summed E-state index contributed by atoms with van der Waals surface area (Å²) in [6, 6.07) is 0. The third-order valence-electron chi connectivity index (χ3n) is 10.6. The molecule has 0 aliphatic heterocycles. The van der Waals surface area contributed by atoms with Crippen molar-refractivity contribution in [2.24, 2.45) is 0 Å². The predicted molar refractivity (Wildman–Crippen MR) is 228 cm³/mol. The van der Waals surface area contributed by atoms with Crippen LogP contribution in [0.4, 0.5) is 0 Å². The standard InChI is InChI=1S/C25H50O4.C22H44O2/c1-2-3-4-5-6-7-8-9-10-11-12-13-14-15-16-17-18-19-20-21-25(28)29-23-24(27)22-26;1-2-3-4-5-6-7-8-9-10-11-12-13-14-15-16-17-18-19-20-21-22(23)24/h24,26-27H,2-23H2,1H3;2-21H2,1H3,(H,23,24). The van der Waals surface area contributed by atoms with Gasteiger partial charge in [-0.05, 0) is 12.8 Å². The Morgan fingerprint density at radius 2 is 0.623 bits per heavy atom. The average molecular weight is 755 g/mol. The Labute approximate surface area is 330 Å². The molecule has 0 rings (SSSR count). The van der Waals surface area contributed by atoms with Gasteiger partial charge in [-0.2, -0.15) is 0 Å². The molecule has 318 valence electrons. The van der Waals surface area contributed by atoms with Crippen LogP contribution in [0.3, 0.4) is 0 Å². The lowest BCUT2D eigenvalue weighted by Gasteiger charge is -2.08. The number of ether oxygens (including phenoxy) is 1. The molecule has 0 spiro atoms. The van der Waals surface area contributed by atoms with Gasteiger partial charge in [0.25, 0.3) is 0 Å². The Morgan fingerprint density at radius 3 is 0.849 bits per heavy atom. The van der Waals surface area contributed by atoms with E-state index in [1.807, 2.05) is 0 Å². The molecule has 6 nitrogen and oxygen atoms in total. The Balaban J connectivity index is 0. The molecule has 0 aliphatic carbocycles. The van der Waals surface area contributed by atoms with Gasteiger partial charge in [-0.25, -0.2) is 0 Å². The number of unbranched alkanes of at least 4 members (excludes halogenated alkanes) is 36. The van der Waals surface area contributed by atoms with Gasteiger partial charge in [-0.1, -0.05) is 245 Å². The zero-order valence-corrected chi connectivity index (χ0v) is 35.8. The molecule has 0 aromatic heterocycles. The number of esters is 1. The molecule has 0 heterocycles. The Hall–Kier alpha value is -1.14. The van der Waals surface area contributed by atoms with Crippen LogP contribution in [0.5, 0.6) is 0 Å². The van der Waals surface area contributed by atoms with Crippen molar-refractivity contribution >= 4 is 11.9 Å². The van der Waals surface area contributed by atoms with Gasteiger partial charge in [0, 0.05) is 12.8 Å². The molecular formula is C47H94O6. The highest BCUT2D eigenvalue weighted by Crippen LogP contribution is 2.16. The number of aliphatic carboxylic acids is 1. The molecule has 0 aromatic carbocycles. The first-order valence-electron chi connectivity index (χ1n) is 23.6. The van der Waals surface area contributed by atoms with Gasteiger partial charge < -0.3 is 20.1 Å². The summed E-state index contributed by atoms with van der Waals surface area (Å²) >= 11 is 0. The smallest absolute Gasteiger partial charge is 0.305 e. The minimum absolute atomic E-state index is 0.103. The van der Waals surface area contributed by atoms with E-state index in [4.69, 9.17) is 20.1 Å². The second-order valence-corrected chi connectivity index (χ2v) is 16.1. The van der Waals surface area contributed by atoms with Gasteiger partial charge in [0.2, 0.25) is 0 Å². The monoisotopic (exact) mass is 755 g/mol. The number of hydrogen-bond acceptors (Lipinski definition) is 5. The maximum absolute atomic E-state index is 11.4. The van der Waals surface area contributed by atoms with Crippen LogP contribution in [0.25, 0.3) is 0 Å². The van der Waals surface area contributed by atoms with Crippen molar-refractivity contribution in [1.29, 1.82) is 0 Å². The third kappa shape index (κ3) is 53.0. The van der Waals surface area contributed by atoms with Gasteiger partial charge in [0.15, 0.2) is 0 Å². The summed E-state index contributed by atoms with van der Waals surface area (Å²) in [6.07, 6.45) is 51.0. The fourth-order valence-corrected chi connectivity index (χ4v) is 7.02. The summed E-state index contributed by atoms with van der Waals surface area (Å²) in [6.45, 7) is 4.09. The molecule has 0 saturated carbocycles. The van der Waals surface area contributed by atoms with E-state index in [-0.39, 0.29) is 19.2 Å². The Kier molecular flexibility index (Phi) is 49.8. The second-order valence-electron chi connectivity index (χ2n) is 16.1. The highest BCUT2D eigenvalue weighted by molar-refractivity contribution is 5.69. The molecule has 3 N–H and O–H groups in total. The van der Waals surface area contributed by atoms with Crippen molar-refractivity contribution in [3.63, 3.8) is 0 Å². The number of carboxylic acids is 1. The lowest BCUT2D eigenvalue weighted by molar-refractivity contribution is -0.147. The van der Waals surface area contributed by atoms with Crippen LogP contribution in [0.2, 0.25) is 0 Å². The van der Waals surface area contributed by atoms with E-state index < -0.39 is 12.1 Å². The number of carbonyl (C=O) groups is 2. The van der Waals surface area contributed by atoms with Crippen molar-refractivity contribution in [1.82, 2.24) is 0 Å². The van der Waals surface area contributed by atoms with Crippen molar-refractivity contribution in [3.05, 3.63) is 0 Å². The third-order valence-corrected chi connectivity index (χ3v) is 10.6. The van der Waals surface area contributed by atoms with Crippen LogP contribution >= 0.6 is 0 Å². The SMILES string of the molecule is CCCCCCCCCCCCCCCCCCCCCC(=O)O.CCCCCCCCCCCCCCCCCCCCCC(=O)OCC(O)CO. The molecule has 53 heavy (non-hydrogen) atoms. The molecule has 0 amide bonds. The summed E-state index contributed by atoms with van der Waals surface area (Å²) in [5, 5.41) is 26.3. The van der Waals surface area contributed by atoms with E-state index in [0.717, 1.165) is 25.7 Å². The van der Waals surface area contributed by atoms with Crippen LogP contribution in [-0.2, 0) is 14.3 Å². The number of carboxylic acid groups (broad SMARTS) is 1. The molecule has 0 fully saturated rings. The summed E-state index contributed by atoms with van der Waals surface area (Å²) in [5.74, 6) is -0.925. The molecule has 6 heteroatoms. The number of hydrogen-bond donors (Lipinski definition) is 3. The first-order valence-corrected chi connectivity index (χ1v) is 23.6. The summed E-state index contributed by atoms with van der Waals surface area (Å²) < 4.78 is 4.88. The molecule has 0 aliphatic rings. The number of carbonyl (C=O) groups excluding carboxylic acids is 1. The summed E-state index contributed by atoms with van der Waals surface area (Å²) in [5.41, 5.74) is 0. The van der Waals surface area contributed by atoms with E-state index in [2.05, 4.69) is 13.8 Å². The number of aliphatic hydroxyl groups excluding tert-OH is 2. The number of aliphatic hydroxyl groups is 2. The van der Waals surface area contributed by atoms with E-state index in [0.29, 0.717) is 12.8 Å². The second kappa shape index (κ2) is 48.9. The molecule has 1 unspecified atom stereocenters. The van der Waals surface area contributed by atoms with Gasteiger partial charge in [0.05, 0.1) is 6.61 Å². The molecule has 0 radical (unpaired) electrons. The highest BCUT2D eigenvalue weighted by Gasteiger charge is 2.07. The lowest BCUT2D eigenvalue weighted by atomic mass is 10.0. The van der Waals surface area contributed by atoms with Gasteiger partial charge in [-0.15, -0.1) is 0 Å². The summed E-state index contributed by atoms with van der Waals surface area (Å²) in [7, 11) is 0. The van der Waals surface area contributed by atoms with Crippen molar-refractivity contribution in [2.45, 2.75) is 277 Å². The Morgan fingerprint density at radius 1 is 0.396 bits per heavy atom. The maximum atomic E-state index is 11.4. The van der Waals surface area contributed by atoms with Crippen LogP contribution in [0, 0.1) is 0 Å². The fourth-order valence-electron chi connectivity index (χ4n) is 7.02. The van der Waals surface area contributed by atoms with Crippen molar-refractivity contribution in [2.75, 3.05) is 13.2 Å². The first kappa shape index (κ1) is 54.0. The fraction of sp³-hybridized carbons (Fsp3) is 0.957. The quantitative estimate of drug-likeness (QED) is 0.0423. The minimum Gasteiger partial charge on any atom is -0.481 e. The van der Waals surface area contributed by atoms with Crippen molar-refractivity contribution in [3.8, 4) is 0 Å². The normalized spacial score (nSPS) is 11.7. The number of rotatable bonds is 43. The zero-order valence-electron chi connectivity index (χ0n) is 35.8. The van der Waals surface area contributed by atoms with E-state index >= 15 is 0 Å². The zero-order chi connectivity index (χ0) is 39.1. The van der Waals surface area contributed by atoms with Gasteiger partial charge in [-0.3, -0.25) is 9.59 Å². The average Bonchev–Trinajstić information content (AvgIpc) is 3.15. The van der Waals surface area contributed by atoms with E-state index in [9.17, 15) is 9.59 Å². The molecule has 0 aromatic rings. The van der Waals surface area contributed by atoms with E-state index in [1.165, 1.54) is 218 Å². The first-order chi connectivity index (χ1) is 26.0. The van der Waals surface area contributed by atoms with E-state index in [1.54, 1.807) is 0 Å². The molecule has 1 atom stereocenters. The van der Waals surface area contributed by atoms with Crippen LogP contribution in [0.1, 0.15) is 271 Å². The van der Waals surface area contributed by atoms with Crippen LogP contribution < -0.4 is 0 Å². The van der Waals surface area contributed by atoms with Gasteiger partial charge in [0.1, 0.15) is 12.7 Å². The topological polar surface area (TPSA) is 104 Å². The largest absolute Gasteiger partial charge is 0.481 e. The molecular weight excluding hydrogens is 661 g/mol. The minimum atomic E-state index is -0.955. The molecule has 0 saturated heterocycles. The molecule has 0 bridgehead atoms. The van der Waals surface area contributed by atoms with Crippen molar-refractivity contribution < 1.29 is 29.6 Å². The summed E-state index contributed by atoms with van der Waals surface area (Å²) in [4.78, 5) is 21.8. The maximum Gasteiger partial charge on any atom is 0.305 e. The lowest BCUT2D eigenvalue weighted by Crippen LogP contribution is -2.21. The van der Waals surface area contributed by atoms with Gasteiger partial charge >= 0.3 is 11.9 Å². The van der Waals surface area contributed by atoms with Crippen LogP contribution in [-0.4, -0.2) is 46.6 Å². The van der Waals surface area contributed by atoms with Crippen LogP contribution in [0.15, 0.2) is 0 Å².